The zero-order valence-electron chi connectivity index (χ0n) is 13.0. The molecule has 1 atom stereocenters. The fourth-order valence-corrected chi connectivity index (χ4v) is 6.89. The summed E-state index contributed by atoms with van der Waals surface area (Å²) in [6.07, 6.45) is 2.05. The van der Waals surface area contributed by atoms with Crippen molar-refractivity contribution < 1.29 is 16.8 Å². The molecule has 2 aliphatic rings. The third kappa shape index (κ3) is 3.45. The maximum atomic E-state index is 12.7. The summed E-state index contributed by atoms with van der Waals surface area (Å²) in [5.74, 6) is -0.125. The second-order valence-corrected chi connectivity index (χ2v) is 10.3. The van der Waals surface area contributed by atoms with Gasteiger partial charge in [0.25, 0.3) is 10.2 Å². The number of rotatable bonds is 3. The number of nitrogens with zero attached hydrogens (tertiary/aromatic N) is 2. The van der Waals surface area contributed by atoms with Gasteiger partial charge in [-0.2, -0.15) is 17.0 Å². The molecule has 2 aliphatic heterocycles. The van der Waals surface area contributed by atoms with Gasteiger partial charge in [0.1, 0.15) is 0 Å². The molecule has 8 heteroatoms. The molecule has 0 aromatic heterocycles. The molecule has 0 N–H and O–H groups in total. The van der Waals surface area contributed by atoms with Crippen LogP contribution in [0.2, 0.25) is 0 Å². The first-order valence-corrected chi connectivity index (χ1v) is 11.0. The third-order valence-electron chi connectivity index (χ3n) is 4.59. The lowest BCUT2D eigenvalue weighted by atomic mass is 10.1. The minimum absolute atomic E-state index is 0.0461. The molecule has 1 unspecified atom stereocenters. The van der Waals surface area contributed by atoms with Gasteiger partial charge in [0.15, 0.2) is 9.84 Å². The molecule has 23 heavy (non-hydrogen) atoms. The highest BCUT2D eigenvalue weighted by Gasteiger charge is 2.37. The van der Waals surface area contributed by atoms with E-state index in [0.717, 1.165) is 18.4 Å². The molecule has 0 spiro atoms. The van der Waals surface area contributed by atoms with E-state index in [1.54, 1.807) is 12.1 Å². The van der Waals surface area contributed by atoms with Gasteiger partial charge in [-0.25, -0.2) is 8.42 Å². The van der Waals surface area contributed by atoms with Crippen molar-refractivity contribution in [1.82, 2.24) is 8.61 Å². The molecule has 128 valence electrons. The summed E-state index contributed by atoms with van der Waals surface area (Å²) in [5.41, 5.74) is 0.743. The Morgan fingerprint density at radius 2 is 1.52 bits per heavy atom. The number of hydrogen-bond donors (Lipinski definition) is 0. The van der Waals surface area contributed by atoms with Crippen LogP contribution < -0.4 is 0 Å². The highest BCUT2D eigenvalue weighted by atomic mass is 32.2. The quantitative estimate of drug-likeness (QED) is 0.813. The largest absolute Gasteiger partial charge is 0.282 e. The molecule has 3 rings (SSSR count). The zero-order chi connectivity index (χ0) is 16.5. The first kappa shape index (κ1) is 16.9. The monoisotopic (exact) mass is 358 g/mol. The fraction of sp³-hybridized carbons (Fsp3) is 0.600. The van der Waals surface area contributed by atoms with Crippen molar-refractivity contribution in [3.63, 3.8) is 0 Å². The molecule has 0 radical (unpaired) electrons. The van der Waals surface area contributed by atoms with Gasteiger partial charge >= 0.3 is 0 Å². The Morgan fingerprint density at radius 3 is 2.17 bits per heavy atom. The highest BCUT2D eigenvalue weighted by molar-refractivity contribution is 7.91. The topological polar surface area (TPSA) is 74.8 Å². The van der Waals surface area contributed by atoms with E-state index in [2.05, 4.69) is 0 Å². The van der Waals surface area contributed by atoms with Crippen LogP contribution in [-0.4, -0.2) is 57.4 Å². The van der Waals surface area contributed by atoms with E-state index in [0.29, 0.717) is 19.5 Å². The van der Waals surface area contributed by atoms with Crippen LogP contribution in [0.4, 0.5) is 0 Å². The van der Waals surface area contributed by atoms with Crippen LogP contribution in [0, 0.1) is 0 Å². The molecule has 2 heterocycles. The van der Waals surface area contributed by atoms with Crippen LogP contribution in [0.1, 0.15) is 30.1 Å². The van der Waals surface area contributed by atoms with Gasteiger partial charge in [-0.05, 0) is 24.8 Å². The third-order valence-corrected chi connectivity index (χ3v) is 8.75. The van der Waals surface area contributed by atoms with Gasteiger partial charge in [0, 0.05) is 26.2 Å². The standard InChI is InChI=1S/C15H22N2O4S2/c18-22(19)13-12-17(23(20,21)16-9-4-5-10-16)11-8-15(22)14-6-2-1-3-7-14/h1-3,6-7,15H,4-5,8-13H2. The van der Waals surface area contributed by atoms with Gasteiger partial charge in [-0.1, -0.05) is 30.3 Å². The summed E-state index contributed by atoms with van der Waals surface area (Å²) in [6.45, 7) is 1.36. The Kier molecular flexibility index (Phi) is 4.78. The Bertz CT molecular complexity index is 741. The molecule has 0 aliphatic carbocycles. The molecule has 2 saturated heterocycles. The van der Waals surface area contributed by atoms with Crippen molar-refractivity contribution in [2.45, 2.75) is 24.5 Å². The average Bonchev–Trinajstić information content (AvgIpc) is 3.01. The Balaban J connectivity index is 1.83. The first-order valence-electron chi connectivity index (χ1n) is 7.93. The minimum atomic E-state index is -3.54. The number of sulfone groups is 1. The van der Waals surface area contributed by atoms with E-state index in [-0.39, 0.29) is 18.8 Å². The Labute approximate surface area is 138 Å². The summed E-state index contributed by atoms with van der Waals surface area (Å²) < 4.78 is 53.2. The molecule has 6 nitrogen and oxygen atoms in total. The SMILES string of the molecule is O=S1(=O)CCN(S(=O)(=O)N2CCCC2)CCC1c1ccccc1. The van der Waals surface area contributed by atoms with Gasteiger partial charge in [-0.3, -0.25) is 0 Å². The summed E-state index contributed by atoms with van der Waals surface area (Å²) >= 11 is 0. The maximum absolute atomic E-state index is 12.7. The predicted molar refractivity (Wildman–Crippen MR) is 88.9 cm³/mol. The molecule has 0 amide bonds. The van der Waals surface area contributed by atoms with E-state index >= 15 is 0 Å². The summed E-state index contributed by atoms with van der Waals surface area (Å²) in [4.78, 5) is 0. The zero-order valence-corrected chi connectivity index (χ0v) is 14.6. The fourth-order valence-electron chi connectivity index (χ4n) is 3.28. The lowest BCUT2D eigenvalue weighted by Crippen LogP contribution is -2.43. The van der Waals surface area contributed by atoms with Gasteiger partial charge in [0.2, 0.25) is 0 Å². The first-order chi connectivity index (χ1) is 10.9. The van der Waals surface area contributed by atoms with Crippen LogP contribution in [0.5, 0.6) is 0 Å². The van der Waals surface area contributed by atoms with Crippen LogP contribution in [0.15, 0.2) is 30.3 Å². The van der Waals surface area contributed by atoms with E-state index in [9.17, 15) is 16.8 Å². The van der Waals surface area contributed by atoms with Gasteiger partial charge in [-0.15, -0.1) is 0 Å². The van der Waals surface area contributed by atoms with Gasteiger partial charge in [0.05, 0.1) is 11.0 Å². The number of benzene rings is 1. The molecular formula is C15H22N2O4S2. The smallest absolute Gasteiger partial charge is 0.228 e. The molecule has 1 aromatic carbocycles. The minimum Gasteiger partial charge on any atom is -0.228 e. The predicted octanol–water partition coefficient (Wildman–Crippen LogP) is 1.19. The second kappa shape index (κ2) is 6.51. The Morgan fingerprint density at radius 1 is 0.913 bits per heavy atom. The molecule has 0 saturated carbocycles. The number of hydrogen-bond acceptors (Lipinski definition) is 4. The van der Waals surface area contributed by atoms with Gasteiger partial charge < -0.3 is 0 Å². The summed E-state index contributed by atoms with van der Waals surface area (Å²) in [6, 6.07) is 9.07. The molecule has 2 fully saturated rings. The summed E-state index contributed by atoms with van der Waals surface area (Å²) in [7, 11) is -6.89. The van der Waals surface area contributed by atoms with Crippen molar-refractivity contribution in [2.75, 3.05) is 31.9 Å². The van der Waals surface area contributed by atoms with Crippen molar-refractivity contribution in [2.24, 2.45) is 0 Å². The van der Waals surface area contributed by atoms with E-state index < -0.39 is 25.3 Å². The molecular weight excluding hydrogens is 336 g/mol. The van der Waals surface area contributed by atoms with Crippen molar-refractivity contribution in [3.05, 3.63) is 35.9 Å². The maximum Gasteiger partial charge on any atom is 0.282 e. The van der Waals surface area contributed by atoms with Crippen molar-refractivity contribution >= 4 is 20.0 Å². The van der Waals surface area contributed by atoms with E-state index in [1.165, 1.54) is 8.61 Å². The van der Waals surface area contributed by atoms with Crippen LogP contribution in [0.25, 0.3) is 0 Å². The molecule has 0 bridgehead atoms. The lowest BCUT2D eigenvalue weighted by molar-refractivity contribution is 0.370. The van der Waals surface area contributed by atoms with E-state index in [1.807, 2.05) is 18.2 Å². The lowest BCUT2D eigenvalue weighted by Gasteiger charge is -2.25. The average molecular weight is 358 g/mol. The van der Waals surface area contributed by atoms with Crippen LogP contribution in [-0.2, 0) is 20.0 Å². The highest BCUT2D eigenvalue weighted by Crippen LogP contribution is 2.30. The van der Waals surface area contributed by atoms with Crippen LogP contribution in [0.3, 0.4) is 0 Å². The van der Waals surface area contributed by atoms with Crippen molar-refractivity contribution in [1.29, 1.82) is 0 Å². The second-order valence-electron chi connectivity index (χ2n) is 6.07. The molecule has 1 aromatic rings. The Hall–Kier alpha value is -0.960. The van der Waals surface area contributed by atoms with Crippen LogP contribution >= 0.6 is 0 Å². The summed E-state index contributed by atoms with van der Waals surface area (Å²) in [5, 5.41) is -0.623. The van der Waals surface area contributed by atoms with Crippen molar-refractivity contribution in [3.8, 4) is 0 Å². The van der Waals surface area contributed by atoms with E-state index in [4.69, 9.17) is 0 Å². The normalized spacial score (nSPS) is 26.9.